The highest BCUT2D eigenvalue weighted by molar-refractivity contribution is 7.98. The molecule has 5 nitrogen and oxygen atoms in total. The van der Waals surface area contributed by atoms with Gasteiger partial charge in [0.15, 0.2) is 0 Å². The number of carboxylic acid groups (broad SMARTS) is 1. The van der Waals surface area contributed by atoms with Crippen molar-refractivity contribution in [1.82, 2.24) is 9.97 Å². The average molecular weight is 262 g/mol. The van der Waals surface area contributed by atoms with E-state index >= 15 is 0 Å². The number of aromatic carboxylic acids is 1. The molecular formula is C12H10N2O3S. The van der Waals surface area contributed by atoms with Crippen LogP contribution < -0.4 is 4.74 Å². The topological polar surface area (TPSA) is 72.3 Å². The first-order valence-corrected chi connectivity index (χ1v) is 6.29. The van der Waals surface area contributed by atoms with E-state index in [2.05, 4.69) is 9.97 Å². The quantitative estimate of drug-likeness (QED) is 0.674. The molecule has 2 rings (SSSR count). The summed E-state index contributed by atoms with van der Waals surface area (Å²) in [4.78, 5) is 19.0. The smallest absolute Gasteiger partial charge is 0.339 e. The van der Waals surface area contributed by atoms with E-state index in [4.69, 9.17) is 9.84 Å². The van der Waals surface area contributed by atoms with E-state index in [-0.39, 0.29) is 11.3 Å². The molecule has 0 aliphatic carbocycles. The monoisotopic (exact) mass is 262 g/mol. The number of aromatic nitrogens is 2. The molecule has 0 saturated carbocycles. The highest BCUT2D eigenvalue weighted by atomic mass is 32.2. The van der Waals surface area contributed by atoms with Gasteiger partial charge in [-0.15, -0.1) is 11.8 Å². The maximum absolute atomic E-state index is 11.0. The second kappa shape index (κ2) is 5.50. The van der Waals surface area contributed by atoms with E-state index in [1.165, 1.54) is 24.2 Å². The fraction of sp³-hybridized carbons (Fsp3) is 0.0833. The Labute approximate surface area is 108 Å². The normalized spacial score (nSPS) is 10.1. The highest BCUT2D eigenvalue weighted by Crippen LogP contribution is 2.25. The Balaban J connectivity index is 2.31. The Morgan fingerprint density at radius 1 is 1.33 bits per heavy atom. The van der Waals surface area contributed by atoms with Gasteiger partial charge in [-0.2, -0.15) is 0 Å². The van der Waals surface area contributed by atoms with Crippen LogP contribution in [-0.4, -0.2) is 27.3 Å². The van der Waals surface area contributed by atoms with Gasteiger partial charge < -0.3 is 9.84 Å². The Hall–Kier alpha value is -2.08. The van der Waals surface area contributed by atoms with E-state index in [0.29, 0.717) is 5.88 Å². The number of carboxylic acids is 1. The fourth-order valence-electron chi connectivity index (χ4n) is 1.34. The van der Waals surface area contributed by atoms with Crippen LogP contribution in [0.15, 0.2) is 41.7 Å². The molecule has 0 aliphatic heterocycles. The highest BCUT2D eigenvalue weighted by Gasteiger charge is 2.11. The lowest BCUT2D eigenvalue weighted by Crippen LogP contribution is -2.00. The van der Waals surface area contributed by atoms with E-state index in [0.717, 1.165) is 5.03 Å². The Morgan fingerprint density at radius 2 is 2.11 bits per heavy atom. The van der Waals surface area contributed by atoms with Crippen molar-refractivity contribution in [3.05, 3.63) is 42.2 Å². The molecule has 1 N–H and O–H groups in total. The lowest BCUT2D eigenvalue weighted by atomic mass is 10.2. The summed E-state index contributed by atoms with van der Waals surface area (Å²) in [5.74, 6) is -0.455. The Kier molecular flexibility index (Phi) is 3.78. The molecule has 18 heavy (non-hydrogen) atoms. The number of hydrogen-bond donors (Lipinski definition) is 1. The third kappa shape index (κ3) is 2.78. The lowest BCUT2D eigenvalue weighted by Gasteiger charge is -2.07. The molecule has 92 valence electrons. The molecule has 0 unspecified atom stereocenters. The maximum atomic E-state index is 11.0. The van der Waals surface area contributed by atoms with Crippen molar-refractivity contribution in [2.75, 3.05) is 6.26 Å². The molecule has 0 fully saturated rings. The maximum Gasteiger partial charge on any atom is 0.339 e. The second-order valence-electron chi connectivity index (χ2n) is 3.30. The van der Waals surface area contributed by atoms with Crippen LogP contribution in [0.1, 0.15) is 10.4 Å². The molecule has 0 aliphatic rings. The number of ether oxygens (including phenoxy) is 1. The minimum absolute atomic E-state index is 0.0989. The number of thioether (sulfide) groups is 1. The summed E-state index contributed by atoms with van der Waals surface area (Å²) in [5.41, 5.74) is 0.0989. The summed E-state index contributed by atoms with van der Waals surface area (Å²) in [6.07, 6.45) is 3.27. The van der Waals surface area contributed by atoms with Crippen LogP contribution in [0.3, 0.4) is 0 Å². The first kappa shape index (κ1) is 12.4. The molecule has 0 amide bonds. The minimum Gasteiger partial charge on any atom is -0.478 e. The number of nitrogens with zero attached hydrogens (tertiary/aromatic N) is 2. The molecule has 0 bridgehead atoms. The van der Waals surface area contributed by atoms with Crippen LogP contribution in [0.2, 0.25) is 0 Å². The number of benzene rings is 1. The Bertz CT molecular complexity index is 575. The van der Waals surface area contributed by atoms with Gasteiger partial charge in [0.1, 0.15) is 22.7 Å². The van der Waals surface area contributed by atoms with Crippen molar-refractivity contribution in [3.63, 3.8) is 0 Å². The van der Waals surface area contributed by atoms with Gasteiger partial charge in [-0.3, -0.25) is 0 Å². The summed E-state index contributed by atoms with van der Waals surface area (Å²) in [6.45, 7) is 0. The molecule has 6 heteroatoms. The second-order valence-corrected chi connectivity index (χ2v) is 4.13. The van der Waals surface area contributed by atoms with E-state index < -0.39 is 5.97 Å². The summed E-state index contributed by atoms with van der Waals surface area (Å²) in [5, 5.41) is 9.78. The molecule has 0 radical (unpaired) electrons. The molecule has 1 aromatic heterocycles. The van der Waals surface area contributed by atoms with E-state index in [9.17, 15) is 4.79 Å². The third-order valence-corrected chi connectivity index (χ3v) is 2.80. The minimum atomic E-state index is -1.04. The molecule has 0 atom stereocenters. The zero-order valence-corrected chi connectivity index (χ0v) is 10.3. The van der Waals surface area contributed by atoms with Crippen molar-refractivity contribution in [3.8, 4) is 11.6 Å². The van der Waals surface area contributed by atoms with Gasteiger partial charge in [0.2, 0.25) is 5.88 Å². The van der Waals surface area contributed by atoms with Crippen molar-refractivity contribution >= 4 is 17.7 Å². The van der Waals surface area contributed by atoms with Crippen LogP contribution in [0, 0.1) is 0 Å². The van der Waals surface area contributed by atoms with Crippen LogP contribution in [-0.2, 0) is 0 Å². The van der Waals surface area contributed by atoms with Crippen molar-refractivity contribution in [1.29, 1.82) is 0 Å². The summed E-state index contributed by atoms with van der Waals surface area (Å²) in [7, 11) is 0. The lowest BCUT2D eigenvalue weighted by molar-refractivity contribution is 0.0694. The molecular weight excluding hydrogens is 252 g/mol. The van der Waals surface area contributed by atoms with E-state index in [1.807, 2.05) is 6.26 Å². The SMILES string of the molecule is CSc1cc(Oc2ccccc2C(=O)O)ncn1. The van der Waals surface area contributed by atoms with Gasteiger partial charge in [-0.1, -0.05) is 12.1 Å². The average Bonchev–Trinajstić information content (AvgIpc) is 2.39. The first-order chi connectivity index (χ1) is 8.70. The number of carbonyl (C=O) groups is 1. The van der Waals surface area contributed by atoms with Crippen LogP contribution in [0.25, 0.3) is 0 Å². The summed E-state index contributed by atoms with van der Waals surface area (Å²) < 4.78 is 5.47. The fourth-order valence-corrected chi connectivity index (χ4v) is 1.71. The van der Waals surface area contributed by atoms with Crippen molar-refractivity contribution in [2.24, 2.45) is 0 Å². The number of para-hydroxylation sites is 1. The van der Waals surface area contributed by atoms with Gasteiger partial charge in [-0.25, -0.2) is 14.8 Å². The van der Waals surface area contributed by atoms with Crippen LogP contribution in [0.4, 0.5) is 0 Å². The van der Waals surface area contributed by atoms with E-state index in [1.54, 1.807) is 24.3 Å². The van der Waals surface area contributed by atoms with Crippen LogP contribution in [0.5, 0.6) is 11.6 Å². The Morgan fingerprint density at radius 3 is 2.83 bits per heavy atom. The summed E-state index contributed by atoms with van der Waals surface area (Å²) >= 11 is 1.46. The van der Waals surface area contributed by atoms with Gasteiger partial charge in [0.25, 0.3) is 0 Å². The van der Waals surface area contributed by atoms with Crippen molar-refractivity contribution in [2.45, 2.75) is 5.03 Å². The summed E-state index contributed by atoms with van der Waals surface area (Å²) in [6, 6.07) is 8.07. The molecule has 1 aromatic carbocycles. The predicted molar refractivity (Wildman–Crippen MR) is 67.3 cm³/mol. The molecule has 0 spiro atoms. The predicted octanol–water partition coefficient (Wildman–Crippen LogP) is 2.69. The van der Waals surface area contributed by atoms with Gasteiger partial charge in [-0.05, 0) is 18.4 Å². The van der Waals surface area contributed by atoms with Crippen LogP contribution >= 0.6 is 11.8 Å². The molecule has 0 saturated heterocycles. The number of hydrogen-bond acceptors (Lipinski definition) is 5. The van der Waals surface area contributed by atoms with Gasteiger partial charge >= 0.3 is 5.97 Å². The largest absolute Gasteiger partial charge is 0.478 e. The van der Waals surface area contributed by atoms with Crippen molar-refractivity contribution < 1.29 is 14.6 Å². The number of rotatable bonds is 4. The third-order valence-electron chi connectivity index (χ3n) is 2.16. The standard InChI is InChI=1S/C12H10N2O3S/c1-18-11-6-10(13-7-14-11)17-9-5-3-2-4-8(9)12(15)16/h2-7H,1H3,(H,15,16). The first-order valence-electron chi connectivity index (χ1n) is 5.07. The van der Waals surface area contributed by atoms with Gasteiger partial charge in [0, 0.05) is 6.07 Å². The zero-order valence-electron chi connectivity index (χ0n) is 9.53. The molecule has 1 heterocycles. The zero-order chi connectivity index (χ0) is 13.0. The van der Waals surface area contributed by atoms with Gasteiger partial charge in [0.05, 0.1) is 0 Å². The molecule has 2 aromatic rings.